The molecule has 1 aromatic carbocycles. The Kier molecular flexibility index (Phi) is 2.50. The standard InChI is InChI=1S/C9H7IN2S/c10-7-3-1-6(2-4-7)8-5-13-9(11)12-8/h1-5H,(H2,11,12). The Bertz CT molecular complexity index is 408. The van der Waals surface area contributed by atoms with Gasteiger partial charge in [-0.1, -0.05) is 12.1 Å². The molecule has 0 atom stereocenters. The Labute approximate surface area is 94.0 Å². The molecule has 2 rings (SSSR count). The second kappa shape index (κ2) is 3.63. The van der Waals surface area contributed by atoms with Crippen molar-refractivity contribution in [2.24, 2.45) is 0 Å². The number of hydrogen-bond donors (Lipinski definition) is 1. The quantitative estimate of drug-likeness (QED) is 0.823. The molecule has 4 heteroatoms. The number of anilines is 1. The summed E-state index contributed by atoms with van der Waals surface area (Å²) in [6.45, 7) is 0. The summed E-state index contributed by atoms with van der Waals surface area (Å²) in [7, 11) is 0. The molecule has 0 saturated heterocycles. The smallest absolute Gasteiger partial charge is 0.180 e. The summed E-state index contributed by atoms with van der Waals surface area (Å²) in [6.07, 6.45) is 0. The van der Waals surface area contributed by atoms with Crippen LogP contribution in [0.2, 0.25) is 0 Å². The summed E-state index contributed by atoms with van der Waals surface area (Å²) in [6, 6.07) is 8.23. The number of benzene rings is 1. The molecular weight excluding hydrogens is 295 g/mol. The SMILES string of the molecule is Nc1nc(-c2ccc(I)cc2)cs1. The van der Waals surface area contributed by atoms with E-state index in [-0.39, 0.29) is 0 Å². The number of thiazole rings is 1. The number of rotatable bonds is 1. The van der Waals surface area contributed by atoms with Crippen molar-refractivity contribution >= 4 is 39.1 Å². The fourth-order valence-electron chi connectivity index (χ4n) is 1.04. The number of nitrogens with two attached hydrogens (primary N) is 1. The lowest BCUT2D eigenvalue weighted by Crippen LogP contribution is -1.82. The maximum atomic E-state index is 5.55. The monoisotopic (exact) mass is 302 g/mol. The summed E-state index contributed by atoms with van der Waals surface area (Å²) in [5.41, 5.74) is 7.63. The highest BCUT2D eigenvalue weighted by atomic mass is 127. The molecule has 2 aromatic rings. The Morgan fingerprint density at radius 3 is 2.46 bits per heavy atom. The van der Waals surface area contributed by atoms with Crippen molar-refractivity contribution < 1.29 is 0 Å². The first-order valence-electron chi connectivity index (χ1n) is 3.72. The fraction of sp³-hybridized carbons (Fsp3) is 0. The van der Waals surface area contributed by atoms with Gasteiger partial charge in [0.1, 0.15) is 0 Å². The molecule has 0 radical (unpaired) electrons. The molecule has 0 bridgehead atoms. The predicted molar refractivity (Wildman–Crippen MR) is 64.7 cm³/mol. The van der Waals surface area contributed by atoms with Crippen LogP contribution >= 0.6 is 33.9 Å². The van der Waals surface area contributed by atoms with Gasteiger partial charge in [-0.3, -0.25) is 0 Å². The highest BCUT2D eigenvalue weighted by Crippen LogP contribution is 2.23. The first-order valence-corrected chi connectivity index (χ1v) is 5.68. The largest absolute Gasteiger partial charge is 0.375 e. The van der Waals surface area contributed by atoms with Gasteiger partial charge in [0.25, 0.3) is 0 Å². The highest BCUT2D eigenvalue weighted by molar-refractivity contribution is 14.1. The molecule has 66 valence electrons. The number of nitrogens with zero attached hydrogens (tertiary/aromatic N) is 1. The lowest BCUT2D eigenvalue weighted by molar-refractivity contribution is 1.41. The van der Waals surface area contributed by atoms with Crippen LogP contribution in [0.25, 0.3) is 11.3 Å². The van der Waals surface area contributed by atoms with Crippen molar-refractivity contribution in [3.63, 3.8) is 0 Å². The highest BCUT2D eigenvalue weighted by Gasteiger charge is 2.00. The first-order chi connectivity index (χ1) is 6.25. The van der Waals surface area contributed by atoms with E-state index in [1.807, 2.05) is 5.38 Å². The minimum atomic E-state index is 0.619. The molecule has 13 heavy (non-hydrogen) atoms. The molecule has 0 fully saturated rings. The van der Waals surface area contributed by atoms with Gasteiger partial charge >= 0.3 is 0 Å². The molecule has 1 heterocycles. The van der Waals surface area contributed by atoms with Gasteiger partial charge in [0.15, 0.2) is 5.13 Å². The lowest BCUT2D eigenvalue weighted by Gasteiger charge is -1.95. The summed E-state index contributed by atoms with van der Waals surface area (Å²) < 4.78 is 1.23. The van der Waals surface area contributed by atoms with Crippen molar-refractivity contribution in [2.75, 3.05) is 5.73 Å². The molecule has 0 spiro atoms. The van der Waals surface area contributed by atoms with Gasteiger partial charge in [-0.25, -0.2) is 4.98 Å². The number of nitrogen functional groups attached to an aromatic ring is 1. The maximum absolute atomic E-state index is 5.55. The van der Waals surface area contributed by atoms with Crippen LogP contribution in [0.1, 0.15) is 0 Å². The van der Waals surface area contributed by atoms with Crippen LogP contribution < -0.4 is 5.73 Å². The molecule has 0 unspecified atom stereocenters. The van der Waals surface area contributed by atoms with Crippen LogP contribution in [0, 0.1) is 3.57 Å². The summed E-state index contributed by atoms with van der Waals surface area (Å²) in [4.78, 5) is 4.20. The van der Waals surface area contributed by atoms with E-state index >= 15 is 0 Å². The fourth-order valence-corrected chi connectivity index (χ4v) is 1.97. The van der Waals surface area contributed by atoms with Crippen LogP contribution in [0.5, 0.6) is 0 Å². The van der Waals surface area contributed by atoms with E-state index in [9.17, 15) is 0 Å². The third-order valence-corrected chi connectivity index (χ3v) is 3.05. The van der Waals surface area contributed by atoms with E-state index < -0.39 is 0 Å². The van der Waals surface area contributed by atoms with Gasteiger partial charge < -0.3 is 5.73 Å². The molecule has 0 amide bonds. The maximum Gasteiger partial charge on any atom is 0.180 e. The topological polar surface area (TPSA) is 38.9 Å². The number of aromatic nitrogens is 1. The van der Waals surface area contributed by atoms with Crippen molar-refractivity contribution in [1.29, 1.82) is 0 Å². The Morgan fingerprint density at radius 2 is 1.92 bits per heavy atom. The molecular formula is C9H7IN2S. The summed E-state index contributed by atoms with van der Waals surface area (Å²) in [5, 5.41) is 2.59. The van der Waals surface area contributed by atoms with Crippen molar-refractivity contribution in [1.82, 2.24) is 4.98 Å². The summed E-state index contributed by atoms with van der Waals surface area (Å²) >= 11 is 3.75. The van der Waals surface area contributed by atoms with Crippen molar-refractivity contribution in [2.45, 2.75) is 0 Å². The van der Waals surface area contributed by atoms with Crippen LogP contribution in [-0.4, -0.2) is 4.98 Å². The normalized spacial score (nSPS) is 10.2. The summed E-state index contributed by atoms with van der Waals surface area (Å²) in [5.74, 6) is 0. The second-order valence-corrected chi connectivity index (χ2v) is 4.71. The van der Waals surface area contributed by atoms with E-state index in [1.54, 1.807) is 0 Å². The van der Waals surface area contributed by atoms with Gasteiger partial charge in [-0.2, -0.15) is 0 Å². The minimum Gasteiger partial charge on any atom is -0.375 e. The van der Waals surface area contributed by atoms with Crippen LogP contribution in [-0.2, 0) is 0 Å². The molecule has 2 nitrogen and oxygen atoms in total. The minimum absolute atomic E-state index is 0.619. The number of halogens is 1. The van der Waals surface area contributed by atoms with Gasteiger partial charge in [-0.15, -0.1) is 11.3 Å². The van der Waals surface area contributed by atoms with Crippen molar-refractivity contribution in [3.05, 3.63) is 33.2 Å². The molecule has 0 aliphatic rings. The Balaban J connectivity index is 2.41. The zero-order valence-corrected chi connectivity index (χ0v) is 9.67. The number of hydrogen-bond acceptors (Lipinski definition) is 3. The molecule has 0 aliphatic carbocycles. The average Bonchev–Trinajstić information content (AvgIpc) is 2.53. The van der Waals surface area contributed by atoms with E-state index in [0.717, 1.165) is 11.3 Å². The lowest BCUT2D eigenvalue weighted by atomic mass is 10.2. The molecule has 2 N–H and O–H groups in total. The van der Waals surface area contributed by atoms with Crippen LogP contribution in [0.15, 0.2) is 29.6 Å². The molecule has 1 aromatic heterocycles. The Hall–Kier alpha value is -0.620. The molecule has 0 saturated carbocycles. The van der Waals surface area contributed by atoms with Crippen LogP contribution in [0.4, 0.5) is 5.13 Å². The van der Waals surface area contributed by atoms with Crippen LogP contribution in [0.3, 0.4) is 0 Å². The zero-order valence-electron chi connectivity index (χ0n) is 6.70. The van der Waals surface area contributed by atoms with E-state index in [1.165, 1.54) is 14.9 Å². The van der Waals surface area contributed by atoms with Gasteiger partial charge in [0, 0.05) is 14.5 Å². The predicted octanol–water partition coefficient (Wildman–Crippen LogP) is 3.00. The van der Waals surface area contributed by atoms with Gasteiger partial charge in [0.05, 0.1) is 5.69 Å². The third kappa shape index (κ3) is 2.00. The zero-order chi connectivity index (χ0) is 9.26. The average molecular weight is 302 g/mol. The first kappa shape index (κ1) is 8.96. The third-order valence-electron chi connectivity index (χ3n) is 1.66. The van der Waals surface area contributed by atoms with E-state index in [4.69, 9.17) is 5.73 Å². The van der Waals surface area contributed by atoms with Crippen molar-refractivity contribution in [3.8, 4) is 11.3 Å². The second-order valence-electron chi connectivity index (χ2n) is 2.58. The molecule has 0 aliphatic heterocycles. The Morgan fingerprint density at radius 1 is 1.23 bits per heavy atom. The van der Waals surface area contributed by atoms with E-state index in [2.05, 4.69) is 51.8 Å². The van der Waals surface area contributed by atoms with Gasteiger partial charge in [0.2, 0.25) is 0 Å². The van der Waals surface area contributed by atoms with Gasteiger partial charge in [-0.05, 0) is 34.7 Å². The van der Waals surface area contributed by atoms with E-state index in [0.29, 0.717) is 5.13 Å².